The number of amidine groups is 2. The van der Waals surface area contributed by atoms with Gasteiger partial charge in [-0.1, -0.05) is 48.5 Å². The summed E-state index contributed by atoms with van der Waals surface area (Å²) in [6.45, 7) is 8.93. The van der Waals surface area contributed by atoms with E-state index in [0.717, 1.165) is 57.0 Å². The number of rotatable bonds is 5. The first-order chi connectivity index (χ1) is 20.5. The Bertz CT molecular complexity index is 1850. The van der Waals surface area contributed by atoms with E-state index in [1.165, 1.54) is 11.1 Å². The minimum Gasteiger partial charge on any atom is -0.494 e. The third kappa shape index (κ3) is 4.34. The van der Waals surface area contributed by atoms with Crippen LogP contribution in [-0.4, -0.2) is 28.1 Å². The molecule has 7 rings (SSSR count). The van der Waals surface area contributed by atoms with Crippen molar-refractivity contribution in [2.75, 3.05) is 16.8 Å². The Morgan fingerprint density at radius 1 is 0.810 bits per heavy atom. The molecule has 1 N–H and O–H groups in total. The van der Waals surface area contributed by atoms with Gasteiger partial charge in [-0.15, -0.1) is 0 Å². The van der Waals surface area contributed by atoms with Crippen molar-refractivity contribution in [2.45, 2.75) is 33.7 Å². The molecule has 0 spiro atoms. The monoisotopic (exact) mass is 552 g/mol. The summed E-state index contributed by atoms with van der Waals surface area (Å²) in [4.78, 5) is 12.7. The molecule has 7 nitrogen and oxygen atoms in total. The van der Waals surface area contributed by atoms with Crippen molar-refractivity contribution in [3.05, 3.63) is 125 Å². The number of anilines is 2. The number of nitrogens with zero attached hydrogens (tertiary/aromatic N) is 5. The van der Waals surface area contributed by atoms with Crippen molar-refractivity contribution < 1.29 is 4.74 Å². The topological polar surface area (TPSA) is 67.0 Å². The molecule has 4 aromatic carbocycles. The molecule has 0 unspecified atom stereocenters. The predicted octanol–water partition coefficient (Wildman–Crippen LogP) is 7.99. The fourth-order valence-electron chi connectivity index (χ4n) is 5.73. The van der Waals surface area contributed by atoms with Crippen LogP contribution in [0.25, 0.3) is 5.69 Å². The van der Waals surface area contributed by atoms with Crippen LogP contribution < -0.4 is 15.0 Å². The maximum Gasteiger partial charge on any atom is 0.179 e. The van der Waals surface area contributed by atoms with Gasteiger partial charge in [-0.25, -0.2) is 14.7 Å². The third-order valence-electron chi connectivity index (χ3n) is 7.92. The zero-order chi connectivity index (χ0) is 28.8. The van der Waals surface area contributed by atoms with Crippen molar-refractivity contribution in [3.8, 4) is 11.4 Å². The molecule has 0 fully saturated rings. The second kappa shape index (κ2) is 10.3. The number of ether oxygens (including phenoxy) is 1. The average Bonchev–Trinajstić information content (AvgIpc) is 3.35. The zero-order valence-corrected chi connectivity index (χ0v) is 24.2. The number of hydrogen-bond acceptors (Lipinski definition) is 6. The molecular formula is C35H32N6O. The minimum absolute atomic E-state index is 0.186. The highest BCUT2D eigenvalue weighted by molar-refractivity contribution is 6.51. The van der Waals surface area contributed by atoms with E-state index in [-0.39, 0.29) is 6.04 Å². The molecule has 0 radical (unpaired) electrons. The number of para-hydroxylation sites is 3. The number of benzene rings is 4. The normalized spacial score (nSPS) is 15.2. The van der Waals surface area contributed by atoms with Gasteiger partial charge in [-0.3, -0.25) is 0 Å². The molecule has 0 aliphatic carbocycles. The van der Waals surface area contributed by atoms with Gasteiger partial charge >= 0.3 is 0 Å². The number of aliphatic imine (C=N–C) groups is 2. The third-order valence-corrected chi connectivity index (χ3v) is 7.92. The lowest BCUT2D eigenvalue weighted by molar-refractivity contribution is 0.340. The molecule has 2 aliphatic heterocycles. The molecule has 0 saturated carbocycles. The Labute approximate surface area is 245 Å². The van der Waals surface area contributed by atoms with E-state index in [1.807, 2.05) is 48.0 Å². The SMILES string of the molecule is CCOc1ccc([C@@H]2c3c(C)nn(-c4ccccc4)c3N=C3C(Nc4ccc(C)c(C)c4)=Nc4ccccc4N32)cc1. The molecular weight excluding hydrogens is 520 g/mol. The highest BCUT2D eigenvalue weighted by Crippen LogP contribution is 2.48. The summed E-state index contributed by atoms with van der Waals surface area (Å²) < 4.78 is 7.73. The highest BCUT2D eigenvalue weighted by atomic mass is 16.5. The molecule has 1 atom stereocenters. The van der Waals surface area contributed by atoms with E-state index in [2.05, 4.69) is 91.7 Å². The van der Waals surface area contributed by atoms with E-state index in [4.69, 9.17) is 19.8 Å². The lowest BCUT2D eigenvalue weighted by Crippen LogP contribution is -2.46. The fraction of sp³-hybridized carbons (Fsp3) is 0.171. The Morgan fingerprint density at radius 3 is 2.33 bits per heavy atom. The number of aromatic nitrogens is 2. The summed E-state index contributed by atoms with van der Waals surface area (Å²) in [6, 6.07) is 33.0. The molecule has 3 heterocycles. The standard InChI is InChI=1S/C35H32N6O/c1-5-42-28-19-16-25(17-20-28)32-31-24(4)39-41(27-11-7-6-8-12-27)34(31)38-35-33(36-26-18-15-22(2)23(3)21-26)37-29-13-9-10-14-30(29)40(32)35/h6-21,32H,5H2,1-4H3,(H,36,37)/t32-/m1/s1. The minimum atomic E-state index is -0.186. The second-order valence-electron chi connectivity index (χ2n) is 10.7. The first-order valence-corrected chi connectivity index (χ1v) is 14.3. The average molecular weight is 553 g/mol. The van der Waals surface area contributed by atoms with Crippen molar-refractivity contribution in [2.24, 2.45) is 9.98 Å². The van der Waals surface area contributed by atoms with Crippen molar-refractivity contribution >= 4 is 34.6 Å². The molecule has 7 heteroatoms. The van der Waals surface area contributed by atoms with E-state index in [1.54, 1.807) is 0 Å². The maximum absolute atomic E-state index is 5.78. The predicted molar refractivity (Wildman–Crippen MR) is 170 cm³/mol. The van der Waals surface area contributed by atoms with Crippen molar-refractivity contribution in [3.63, 3.8) is 0 Å². The van der Waals surface area contributed by atoms with Gasteiger partial charge in [0.25, 0.3) is 0 Å². The summed E-state index contributed by atoms with van der Waals surface area (Å²) in [5.41, 5.74) is 9.38. The van der Waals surface area contributed by atoms with E-state index in [0.29, 0.717) is 12.4 Å². The quantitative estimate of drug-likeness (QED) is 0.240. The number of hydrogen-bond donors (Lipinski definition) is 1. The molecule has 208 valence electrons. The highest BCUT2D eigenvalue weighted by Gasteiger charge is 2.41. The molecule has 5 aromatic rings. The van der Waals surface area contributed by atoms with Gasteiger partial charge in [0, 0.05) is 11.3 Å². The van der Waals surface area contributed by atoms with Gasteiger partial charge in [-0.05, 0) is 92.9 Å². The fourth-order valence-corrected chi connectivity index (χ4v) is 5.73. The van der Waals surface area contributed by atoms with E-state index < -0.39 is 0 Å². The van der Waals surface area contributed by atoms with Crippen LogP contribution in [0, 0.1) is 20.8 Å². The lowest BCUT2D eigenvalue weighted by Gasteiger charge is -2.40. The first kappa shape index (κ1) is 25.8. The molecule has 0 saturated heterocycles. The van der Waals surface area contributed by atoms with Gasteiger partial charge < -0.3 is 15.0 Å². The molecule has 0 amide bonds. The van der Waals surface area contributed by atoms with Crippen LogP contribution in [0.1, 0.15) is 40.9 Å². The summed E-state index contributed by atoms with van der Waals surface area (Å²) >= 11 is 0. The molecule has 2 aliphatic rings. The van der Waals surface area contributed by atoms with Gasteiger partial charge in [0.05, 0.1) is 35.4 Å². The number of nitrogens with one attached hydrogen (secondary N) is 1. The first-order valence-electron chi connectivity index (χ1n) is 14.3. The molecule has 0 bridgehead atoms. The van der Waals surface area contributed by atoms with Crippen LogP contribution in [0.2, 0.25) is 0 Å². The summed E-state index contributed by atoms with van der Waals surface area (Å²) in [5, 5.41) is 8.64. The Morgan fingerprint density at radius 2 is 1.57 bits per heavy atom. The van der Waals surface area contributed by atoms with Crippen LogP contribution in [0.4, 0.5) is 22.9 Å². The van der Waals surface area contributed by atoms with Gasteiger partial charge in [0.2, 0.25) is 0 Å². The lowest BCUT2D eigenvalue weighted by atomic mass is 9.93. The van der Waals surface area contributed by atoms with Gasteiger partial charge in [0.1, 0.15) is 5.75 Å². The number of fused-ring (bicyclic) bond motifs is 4. The largest absolute Gasteiger partial charge is 0.494 e. The van der Waals surface area contributed by atoms with E-state index >= 15 is 0 Å². The summed E-state index contributed by atoms with van der Waals surface area (Å²) in [7, 11) is 0. The number of aryl methyl sites for hydroxylation is 3. The summed E-state index contributed by atoms with van der Waals surface area (Å²) in [5.74, 6) is 3.09. The Balaban J connectivity index is 1.46. The van der Waals surface area contributed by atoms with Crippen LogP contribution in [0.15, 0.2) is 107 Å². The van der Waals surface area contributed by atoms with Crippen molar-refractivity contribution in [1.29, 1.82) is 0 Å². The maximum atomic E-state index is 5.78. The second-order valence-corrected chi connectivity index (χ2v) is 10.7. The van der Waals surface area contributed by atoms with Crippen LogP contribution in [-0.2, 0) is 0 Å². The molecule has 1 aromatic heterocycles. The van der Waals surface area contributed by atoms with Gasteiger partial charge in [0.15, 0.2) is 17.5 Å². The van der Waals surface area contributed by atoms with Crippen LogP contribution >= 0.6 is 0 Å². The molecule has 42 heavy (non-hydrogen) atoms. The Kier molecular flexibility index (Phi) is 6.35. The van der Waals surface area contributed by atoms with Gasteiger partial charge in [-0.2, -0.15) is 5.10 Å². The smallest absolute Gasteiger partial charge is 0.179 e. The van der Waals surface area contributed by atoms with E-state index in [9.17, 15) is 0 Å². The van der Waals surface area contributed by atoms with Crippen molar-refractivity contribution in [1.82, 2.24) is 9.78 Å². The van der Waals surface area contributed by atoms with Crippen LogP contribution in [0.5, 0.6) is 5.75 Å². The summed E-state index contributed by atoms with van der Waals surface area (Å²) in [6.07, 6.45) is 0. The Hall–Kier alpha value is -5.17. The van der Waals surface area contributed by atoms with Crippen LogP contribution in [0.3, 0.4) is 0 Å². The zero-order valence-electron chi connectivity index (χ0n) is 24.2.